The highest BCUT2D eigenvalue weighted by Gasteiger charge is 1.81. The zero-order valence-electron chi connectivity index (χ0n) is 4.07. The molecule has 0 saturated carbocycles. The molecule has 0 bridgehead atoms. The second-order valence-corrected chi connectivity index (χ2v) is 1.24. The first-order chi connectivity index (χ1) is 3.93. The molecule has 0 atom stereocenters. The standard InChI is InChI=1S/C5H3N3/c6-3-5-1-2-7-8-4-5/h1-2,4H. The first kappa shape index (κ1) is 4.72. The van der Waals surface area contributed by atoms with Crippen LogP contribution in [0.25, 0.3) is 0 Å². The van der Waals surface area contributed by atoms with Gasteiger partial charge in [-0.15, -0.1) is 0 Å². The summed E-state index contributed by atoms with van der Waals surface area (Å²) in [7, 11) is 0. The van der Waals surface area contributed by atoms with E-state index in [0.29, 0.717) is 5.56 Å². The second kappa shape index (κ2) is 2.03. The predicted molar refractivity (Wildman–Crippen MR) is 26.7 cm³/mol. The van der Waals surface area contributed by atoms with E-state index in [9.17, 15) is 0 Å². The number of hydrogen-bond acceptors (Lipinski definition) is 3. The summed E-state index contributed by atoms with van der Waals surface area (Å²) >= 11 is 0. The molecule has 1 aromatic rings. The molecule has 0 N–H and O–H groups in total. The van der Waals surface area contributed by atoms with Crippen molar-refractivity contribution in [2.45, 2.75) is 0 Å². The zero-order valence-corrected chi connectivity index (χ0v) is 4.07. The Morgan fingerprint density at radius 1 is 1.50 bits per heavy atom. The van der Waals surface area contributed by atoms with Crippen LogP contribution in [0.1, 0.15) is 5.56 Å². The first-order valence-corrected chi connectivity index (χ1v) is 2.10. The van der Waals surface area contributed by atoms with Gasteiger partial charge in [-0.05, 0) is 6.07 Å². The quantitative estimate of drug-likeness (QED) is 0.478. The van der Waals surface area contributed by atoms with Gasteiger partial charge in [-0.1, -0.05) is 0 Å². The Bertz CT molecular complexity index is 199. The second-order valence-electron chi connectivity index (χ2n) is 1.24. The average Bonchev–Trinajstić information content (AvgIpc) is 1.90. The van der Waals surface area contributed by atoms with E-state index in [0.717, 1.165) is 0 Å². The van der Waals surface area contributed by atoms with Crippen LogP contribution in [0.3, 0.4) is 0 Å². The minimum atomic E-state index is 0.542. The number of nitriles is 1. The van der Waals surface area contributed by atoms with Gasteiger partial charge in [0.1, 0.15) is 6.07 Å². The fraction of sp³-hybridized carbons (Fsp3) is 0. The third-order valence-electron chi connectivity index (χ3n) is 0.713. The van der Waals surface area contributed by atoms with E-state index >= 15 is 0 Å². The molecular formula is C5H3N3. The number of hydrogen-bond donors (Lipinski definition) is 0. The van der Waals surface area contributed by atoms with Crippen LogP contribution in [0.2, 0.25) is 0 Å². The van der Waals surface area contributed by atoms with Gasteiger partial charge in [0.2, 0.25) is 0 Å². The third-order valence-corrected chi connectivity index (χ3v) is 0.713. The summed E-state index contributed by atoms with van der Waals surface area (Å²) in [6.07, 6.45) is 2.90. The van der Waals surface area contributed by atoms with Gasteiger partial charge in [0.05, 0.1) is 18.0 Å². The smallest absolute Gasteiger partial charge is 0.101 e. The van der Waals surface area contributed by atoms with Gasteiger partial charge in [0, 0.05) is 0 Å². The average molecular weight is 105 g/mol. The van der Waals surface area contributed by atoms with Crippen LogP contribution in [0.5, 0.6) is 0 Å². The van der Waals surface area contributed by atoms with E-state index in [-0.39, 0.29) is 0 Å². The van der Waals surface area contributed by atoms with Crippen LogP contribution in [-0.2, 0) is 0 Å². The molecule has 0 amide bonds. The van der Waals surface area contributed by atoms with Gasteiger partial charge in [-0.3, -0.25) is 0 Å². The Morgan fingerprint density at radius 2 is 2.38 bits per heavy atom. The van der Waals surface area contributed by atoms with Gasteiger partial charge in [0.15, 0.2) is 0 Å². The summed E-state index contributed by atoms with van der Waals surface area (Å²) in [6, 6.07) is 3.53. The molecule has 38 valence electrons. The summed E-state index contributed by atoms with van der Waals surface area (Å²) in [5.74, 6) is 0. The lowest BCUT2D eigenvalue weighted by atomic mass is 10.4. The summed E-state index contributed by atoms with van der Waals surface area (Å²) in [4.78, 5) is 0. The van der Waals surface area contributed by atoms with Crippen LogP contribution < -0.4 is 0 Å². The van der Waals surface area contributed by atoms with Crippen molar-refractivity contribution < 1.29 is 0 Å². The van der Waals surface area contributed by atoms with E-state index < -0.39 is 0 Å². The van der Waals surface area contributed by atoms with E-state index in [2.05, 4.69) is 10.2 Å². The molecule has 0 saturated heterocycles. The van der Waals surface area contributed by atoms with Gasteiger partial charge >= 0.3 is 0 Å². The molecule has 0 fully saturated rings. The van der Waals surface area contributed by atoms with E-state index in [1.54, 1.807) is 6.07 Å². The molecule has 0 unspecified atom stereocenters. The van der Waals surface area contributed by atoms with Crippen LogP contribution in [0.15, 0.2) is 18.5 Å². The minimum absolute atomic E-state index is 0.542. The highest BCUT2D eigenvalue weighted by atomic mass is 15.1. The van der Waals surface area contributed by atoms with Crippen LogP contribution >= 0.6 is 0 Å². The SMILES string of the molecule is N#Cc1ccnnc1. The zero-order chi connectivity index (χ0) is 5.82. The minimum Gasteiger partial charge on any atom is -0.192 e. The number of rotatable bonds is 0. The maximum absolute atomic E-state index is 8.22. The van der Waals surface area contributed by atoms with E-state index in [1.165, 1.54) is 12.4 Å². The van der Waals surface area contributed by atoms with Crippen molar-refractivity contribution in [3.05, 3.63) is 24.0 Å². The van der Waals surface area contributed by atoms with Crippen molar-refractivity contribution in [3.8, 4) is 6.07 Å². The van der Waals surface area contributed by atoms with Gasteiger partial charge in [0.25, 0.3) is 0 Å². The Balaban J connectivity index is 3.05. The number of aromatic nitrogens is 2. The Kier molecular flexibility index (Phi) is 1.20. The molecule has 3 heteroatoms. The lowest BCUT2D eigenvalue weighted by Gasteiger charge is -1.78. The molecule has 0 aliphatic carbocycles. The van der Waals surface area contributed by atoms with Gasteiger partial charge < -0.3 is 0 Å². The molecule has 1 rings (SSSR count). The van der Waals surface area contributed by atoms with Crippen molar-refractivity contribution in [2.75, 3.05) is 0 Å². The molecular weight excluding hydrogens is 102 g/mol. The molecule has 0 radical (unpaired) electrons. The summed E-state index contributed by atoms with van der Waals surface area (Å²) in [6.45, 7) is 0. The summed E-state index contributed by atoms with van der Waals surface area (Å²) in [5, 5.41) is 15.2. The Labute approximate surface area is 46.6 Å². The third kappa shape index (κ3) is 0.793. The Morgan fingerprint density at radius 3 is 2.75 bits per heavy atom. The van der Waals surface area contributed by atoms with Crippen molar-refractivity contribution >= 4 is 0 Å². The highest BCUT2D eigenvalue weighted by molar-refractivity contribution is 5.21. The maximum atomic E-state index is 8.22. The van der Waals surface area contributed by atoms with Crippen molar-refractivity contribution in [2.24, 2.45) is 0 Å². The van der Waals surface area contributed by atoms with Gasteiger partial charge in [-0.2, -0.15) is 15.5 Å². The fourth-order valence-electron chi connectivity index (χ4n) is 0.357. The predicted octanol–water partition coefficient (Wildman–Crippen LogP) is 0.348. The molecule has 8 heavy (non-hydrogen) atoms. The van der Waals surface area contributed by atoms with Crippen LogP contribution in [-0.4, -0.2) is 10.2 Å². The van der Waals surface area contributed by atoms with Gasteiger partial charge in [-0.25, -0.2) is 0 Å². The molecule has 3 nitrogen and oxygen atoms in total. The van der Waals surface area contributed by atoms with E-state index in [4.69, 9.17) is 5.26 Å². The normalized spacial score (nSPS) is 7.88. The van der Waals surface area contributed by atoms with E-state index in [1.807, 2.05) is 6.07 Å². The molecule has 0 aliphatic heterocycles. The fourth-order valence-corrected chi connectivity index (χ4v) is 0.357. The molecule has 1 aromatic heterocycles. The lowest BCUT2D eigenvalue weighted by Crippen LogP contribution is -1.78. The van der Waals surface area contributed by atoms with Crippen LogP contribution in [0.4, 0.5) is 0 Å². The van der Waals surface area contributed by atoms with Crippen molar-refractivity contribution in [1.29, 1.82) is 5.26 Å². The van der Waals surface area contributed by atoms with Crippen LogP contribution in [0, 0.1) is 11.3 Å². The summed E-state index contributed by atoms with van der Waals surface area (Å²) < 4.78 is 0. The lowest BCUT2D eigenvalue weighted by molar-refractivity contribution is 1.02. The summed E-state index contributed by atoms with van der Waals surface area (Å²) in [5.41, 5.74) is 0.542. The van der Waals surface area contributed by atoms with Crippen molar-refractivity contribution in [1.82, 2.24) is 10.2 Å². The monoisotopic (exact) mass is 105 g/mol. The molecule has 0 aromatic carbocycles. The van der Waals surface area contributed by atoms with Crippen molar-refractivity contribution in [3.63, 3.8) is 0 Å². The molecule has 0 aliphatic rings. The largest absolute Gasteiger partial charge is 0.192 e. The highest BCUT2D eigenvalue weighted by Crippen LogP contribution is 1.86. The number of nitrogens with zero attached hydrogens (tertiary/aromatic N) is 3. The first-order valence-electron chi connectivity index (χ1n) is 2.10. The maximum Gasteiger partial charge on any atom is 0.101 e. The molecule has 1 heterocycles. The Hall–Kier alpha value is -1.43. The topological polar surface area (TPSA) is 49.6 Å². The molecule has 0 spiro atoms.